The smallest absolute Gasteiger partial charge is 0.335 e. The molecule has 1 rings (SSSR count). The van der Waals surface area contributed by atoms with E-state index in [2.05, 4.69) is 6.58 Å². The van der Waals surface area contributed by atoms with Gasteiger partial charge >= 0.3 is 5.97 Å². The Morgan fingerprint density at radius 2 is 2.08 bits per heavy atom. The molecule has 0 radical (unpaired) electrons. The second-order valence-electron chi connectivity index (χ2n) is 3.46. The van der Waals surface area contributed by atoms with E-state index < -0.39 is 11.6 Å². The Balaban J connectivity index is 2.61. The Morgan fingerprint density at radius 1 is 1.46 bits per heavy atom. The summed E-state index contributed by atoms with van der Waals surface area (Å²) in [5.41, 5.74) is -0.924. The van der Waals surface area contributed by atoms with Crippen molar-refractivity contribution in [1.29, 1.82) is 0 Å². The van der Waals surface area contributed by atoms with Crippen LogP contribution in [0, 0.1) is 0 Å². The van der Waals surface area contributed by atoms with Crippen LogP contribution in [0.2, 0.25) is 0 Å². The van der Waals surface area contributed by atoms with Gasteiger partial charge in [0.25, 0.3) is 0 Å². The zero-order valence-electron chi connectivity index (χ0n) is 7.79. The lowest BCUT2D eigenvalue weighted by Crippen LogP contribution is -2.43. The molecule has 0 amide bonds. The monoisotopic (exact) mass is 184 g/mol. The molecule has 13 heavy (non-hydrogen) atoms. The van der Waals surface area contributed by atoms with Crippen LogP contribution in [0.25, 0.3) is 0 Å². The summed E-state index contributed by atoms with van der Waals surface area (Å²) in [4.78, 5) is 11.0. The molecule has 0 aliphatic heterocycles. The normalized spacial score (nSPS) is 20.9. The molecule has 0 saturated heterocycles. The maximum atomic E-state index is 11.0. The number of ether oxygens (including phenoxy) is 1. The lowest BCUT2D eigenvalue weighted by Gasteiger charge is -2.32. The molecule has 0 aromatic heterocycles. The van der Waals surface area contributed by atoms with Gasteiger partial charge in [-0.15, -0.1) is 6.58 Å². The molecule has 3 heteroatoms. The number of carboxylic acids is 1. The quantitative estimate of drug-likeness (QED) is 0.679. The lowest BCUT2D eigenvalue weighted by molar-refractivity contribution is -0.168. The van der Waals surface area contributed by atoms with E-state index in [-0.39, 0.29) is 0 Å². The van der Waals surface area contributed by atoms with Gasteiger partial charge in [0.05, 0.1) is 6.61 Å². The third kappa shape index (κ3) is 2.31. The number of hydrogen-bond donors (Lipinski definition) is 1. The summed E-state index contributed by atoms with van der Waals surface area (Å²) in [6.45, 7) is 3.84. The number of rotatable bonds is 4. The van der Waals surface area contributed by atoms with Crippen molar-refractivity contribution in [2.24, 2.45) is 0 Å². The average molecular weight is 184 g/mol. The first-order valence-electron chi connectivity index (χ1n) is 4.69. The molecule has 0 aromatic rings. The molecule has 1 N–H and O–H groups in total. The average Bonchev–Trinajstić information content (AvgIpc) is 2.16. The van der Waals surface area contributed by atoms with Gasteiger partial charge in [-0.25, -0.2) is 4.79 Å². The van der Waals surface area contributed by atoms with Crippen LogP contribution < -0.4 is 0 Å². The second-order valence-corrected chi connectivity index (χ2v) is 3.46. The summed E-state index contributed by atoms with van der Waals surface area (Å²) >= 11 is 0. The summed E-state index contributed by atoms with van der Waals surface area (Å²) in [5.74, 6) is -0.825. The highest BCUT2D eigenvalue weighted by atomic mass is 16.5. The summed E-state index contributed by atoms with van der Waals surface area (Å²) in [6, 6.07) is 0. The van der Waals surface area contributed by atoms with Crippen LogP contribution in [0.4, 0.5) is 0 Å². The fraction of sp³-hybridized carbons (Fsp3) is 0.700. The van der Waals surface area contributed by atoms with Gasteiger partial charge in [0.15, 0.2) is 5.60 Å². The van der Waals surface area contributed by atoms with E-state index in [1.54, 1.807) is 6.08 Å². The number of carbonyl (C=O) groups is 1. The van der Waals surface area contributed by atoms with E-state index in [9.17, 15) is 4.79 Å². The molecule has 1 aliphatic carbocycles. The molecule has 0 unspecified atom stereocenters. The molecule has 74 valence electrons. The van der Waals surface area contributed by atoms with Crippen molar-refractivity contribution < 1.29 is 14.6 Å². The third-order valence-electron chi connectivity index (χ3n) is 2.53. The summed E-state index contributed by atoms with van der Waals surface area (Å²) in [5, 5.41) is 9.06. The fourth-order valence-electron chi connectivity index (χ4n) is 1.76. The molecule has 0 spiro atoms. The molecule has 3 nitrogen and oxygen atoms in total. The van der Waals surface area contributed by atoms with Crippen LogP contribution in [-0.2, 0) is 9.53 Å². The molecule has 0 bridgehead atoms. The largest absolute Gasteiger partial charge is 0.479 e. The van der Waals surface area contributed by atoms with Crippen LogP contribution in [-0.4, -0.2) is 23.3 Å². The maximum absolute atomic E-state index is 11.0. The van der Waals surface area contributed by atoms with E-state index in [1.165, 1.54) is 0 Å². The highest BCUT2D eigenvalue weighted by Gasteiger charge is 2.40. The lowest BCUT2D eigenvalue weighted by atomic mass is 9.85. The van der Waals surface area contributed by atoms with Crippen LogP contribution in [0.5, 0.6) is 0 Å². The van der Waals surface area contributed by atoms with E-state index in [0.29, 0.717) is 19.4 Å². The van der Waals surface area contributed by atoms with Crippen LogP contribution in [0.3, 0.4) is 0 Å². The Labute approximate surface area is 78.4 Å². The minimum Gasteiger partial charge on any atom is -0.479 e. The van der Waals surface area contributed by atoms with E-state index in [1.807, 2.05) is 0 Å². The topological polar surface area (TPSA) is 46.5 Å². The predicted octanol–water partition coefficient (Wildman–Crippen LogP) is 1.98. The number of hydrogen-bond acceptors (Lipinski definition) is 2. The van der Waals surface area contributed by atoms with Crippen molar-refractivity contribution in [1.82, 2.24) is 0 Å². The van der Waals surface area contributed by atoms with E-state index in [4.69, 9.17) is 9.84 Å². The van der Waals surface area contributed by atoms with Gasteiger partial charge in [-0.05, 0) is 25.7 Å². The van der Waals surface area contributed by atoms with Crippen molar-refractivity contribution in [2.75, 3.05) is 6.61 Å². The zero-order valence-corrected chi connectivity index (χ0v) is 7.79. The Morgan fingerprint density at radius 3 is 2.54 bits per heavy atom. The van der Waals surface area contributed by atoms with Crippen molar-refractivity contribution in [3.8, 4) is 0 Å². The van der Waals surface area contributed by atoms with Gasteiger partial charge in [0.2, 0.25) is 0 Å². The molecular weight excluding hydrogens is 168 g/mol. The number of aliphatic carboxylic acids is 1. The van der Waals surface area contributed by atoms with Crippen molar-refractivity contribution in [3.63, 3.8) is 0 Å². The minimum atomic E-state index is -0.924. The molecule has 1 aliphatic rings. The van der Waals surface area contributed by atoms with Crippen LogP contribution in [0.1, 0.15) is 32.1 Å². The van der Waals surface area contributed by atoms with Gasteiger partial charge in [0.1, 0.15) is 0 Å². The summed E-state index contributed by atoms with van der Waals surface area (Å²) in [6.07, 6.45) is 5.88. The summed E-state index contributed by atoms with van der Waals surface area (Å²) in [7, 11) is 0. The van der Waals surface area contributed by atoms with Gasteiger partial charge in [-0.1, -0.05) is 12.5 Å². The van der Waals surface area contributed by atoms with Gasteiger partial charge in [0, 0.05) is 0 Å². The van der Waals surface area contributed by atoms with Crippen molar-refractivity contribution >= 4 is 5.97 Å². The van der Waals surface area contributed by atoms with E-state index >= 15 is 0 Å². The standard InChI is InChI=1S/C10H16O3/c1-2-8-13-10(9(11)12)6-4-3-5-7-10/h2H,1,3-8H2,(H,11,12). The van der Waals surface area contributed by atoms with Crippen LogP contribution >= 0.6 is 0 Å². The molecule has 0 atom stereocenters. The third-order valence-corrected chi connectivity index (χ3v) is 2.53. The van der Waals surface area contributed by atoms with Crippen molar-refractivity contribution in [2.45, 2.75) is 37.7 Å². The predicted molar refractivity (Wildman–Crippen MR) is 49.6 cm³/mol. The highest BCUT2D eigenvalue weighted by molar-refractivity contribution is 5.77. The van der Waals surface area contributed by atoms with Gasteiger partial charge in [-0.3, -0.25) is 0 Å². The SMILES string of the molecule is C=CCOC1(C(=O)O)CCCCC1. The maximum Gasteiger partial charge on any atom is 0.335 e. The first-order chi connectivity index (χ1) is 6.21. The number of carboxylic acid groups (broad SMARTS) is 1. The summed E-state index contributed by atoms with van der Waals surface area (Å²) < 4.78 is 5.36. The molecule has 1 saturated carbocycles. The first kappa shape index (κ1) is 10.3. The van der Waals surface area contributed by atoms with Crippen molar-refractivity contribution in [3.05, 3.63) is 12.7 Å². The molecule has 0 aromatic carbocycles. The Kier molecular flexibility index (Phi) is 3.48. The van der Waals surface area contributed by atoms with E-state index in [0.717, 1.165) is 19.3 Å². The fourth-order valence-corrected chi connectivity index (χ4v) is 1.76. The Bertz CT molecular complexity index is 192. The van der Waals surface area contributed by atoms with Gasteiger partial charge < -0.3 is 9.84 Å². The molecule has 1 fully saturated rings. The molecule has 0 heterocycles. The highest BCUT2D eigenvalue weighted by Crippen LogP contribution is 2.31. The molecular formula is C10H16O3. The Hall–Kier alpha value is -0.830. The second kappa shape index (κ2) is 4.42. The first-order valence-corrected chi connectivity index (χ1v) is 4.69. The zero-order chi connectivity index (χ0) is 9.73. The van der Waals surface area contributed by atoms with Gasteiger partial charge in [-0.2, -0.15) is 0 Å². The minimum absolute atomic E-state index is 0.326. The van der Waals surface area contributed by atoms with Crippen LogP contribution in [0.15, 0.2) is 12.7 Å².